The average Bonchev–Trinajstić information content (AvgIpc) is 1.59. The van der Waals surface area contributed by atoms with Gasteiger partial charge in [0.2, 0.25) is 17.7 Å². The van der Waals surface area contributed by atoms with Gasteiger partial charge >= 0.3 is 59.1 Å². The third kappa shape index (κ3) is 4.84. The second-order valence-corrected chi connectivity index (χ2v) is 1.44. The first-order valence-electron chi connectivity index (χ1n) is 2.21. The fraction of sp³-hybridized carbons (Fsp3) is 0. The SMILES string of the molecule is Nc1nc(O)cc(O)n1.[NaH].[NaH]. The molecule has 52 valence electrons. The molecule has 1 rings (SSSR count). The fourth-order valence-electron chi connectivity index (χ4n) is 0.440. The number of nitrogens with zero attached hydrogens (tertiary/aromatic N) is 2. The molecule has 0 aliphatic carbocycles. The molecule has 0 spiro atoms. The third-order valence-corrected chi connectivity index (χ3v) is 0.716. The standard InChI is InChI=1S/C4H5N3O2.2Na.2H/c5-4-6-2(8)1-3(9)7-4;;;;/h1H,(H4,5,6,7,8,9);;;;. The number of nitrogen functional groups attached to an aromatic ring is 1. The van der Waals surface area contributed by atoms with Gasteiger partial charge in [-0.2, -0.15) is 9.97 Å². The summed E-state index contributed by atoms with van der Waals surface area (Å²) in [4.78, 5) is 6.59. The summed E-state index contributed by atoms with van der Waals surface area (Å²) >= 11 is 0. The van der Waals surface area contributed by atoms with Crippen LogP contribution >= 0.6 is 0 Å². The van der Waals surface area contributed by atoms with Crippen LogP contribution in [0.25, 0.3) is 0 Å². The Morgan fingerprint density at radius 2 is 1.45 bits per heavy atom. The van der Waals surface area contributed by atoms with Crippen LogP contribution in [0.3, 0.4) is 0 Å². The van der Waals surface area contributed by atoms with E-state index >= 15 is 0 Å². The Labute approximate surface area is 108 Å². The summed E-state index contributed by atoms with van der Waals surface area (Å²) in [6, 6.07) is 0.996. The van der Waals surface area contributed by atoms with Crippen LogP contribution in [-0.2, 0) is 0 Å². The van der Waals surface area contributed by atoms with E-state index in [1.165, 1.54) is 0 Å². The van der Waals surface area contributed by atoms with Gasteiger partial charge in [-0.3, -0.25) is 0 Å². The summed E-state index contributed by atoms with van der Waals surface area (Å²) in [7, 11) is 0. The van der Waals surface area contributed by atoms with Crippen molar-refractivity contribution in [3.05, 3.63) is 6.07 Å². The Bertz CT molecular complexity index is 182. The molecule has 7 heteroatoms. The van der Waals surface area contributed by atoms with Gasteiger partial charge in [-0.25, -0.2) is 0 Å². The molecule has 0 radical (unpaired) electrons. The van der Waals surface area contributed by atoms with E-state index in [9.17, 15) is 0 Å². The van der Waals surface area contributed by atoms with Gasteiger partial charge in [0, 0.05) is 0 Å². The summed E-state index contributed by atoms with van der Waals surface area (Å²) in [6.07, 6.45) is 0. The summed E-state index contributed by atoms with van der Waals surface area (Å²) in [5.41, 5.74) is 5.02. The first-order chi connectivity index (χ1) is 4.18. The van der Waals surface area contributed by atoms with Crippen molar-refractivity contribution in [2.75, 3.05) is 5.73 Å². The van der Waals surface area contributed by atoms with Gasteiger partial charge in [0.05, 0.1) is 6.07 Å². The Kier molecular flexibility index (Phi) is 7.71. The zero-order valence-electron chi connectivity index (χ0n) is 4.44. The van der Waals surface area contributed by atoms with Gasteiger partial charge in [-0.1, -0.05) is 0 Å². The molecule has 0 aromatic carbocycles. The predicted octanol–water partition coefficient (Wildman–Crippen LogP) is -1.83. The minimum absolute atomic E-state index is 0. The van der Waals surface area contributed by atoms with Gasteiger partial charge in [0.1, 0.15) is 0 Å². The summed E-state index contributed by atoms with van der Waals surface area (Å²) < 4.78 is 0. The Morgan fingerprint density at radius 1 is 1.09 bits per heavy atom. The number of rotatable bonds is 0. The van der Waals surface area contributed by atoms with E-state index in [1.54, 1.807) is 0 Å². The molecular weight excluding hydrogens is 168 g/mol. The number of nitrogens with two attached hydrogens (primary N) is 1. The molecule has 1 aromatic rings. The van der Waals surface area contributed by atoms with E-state index in [1.807, 2.05) is 0 Å². The fourth-order valence-corrected chi connectivity index (χ4v) is 0.440. The summed E-state index contributed by atoms with van der Waals surface area (Å²) in [6.45, 7) is 0. The molecule has 1 aromatic heterocycles. The van der Waals surface area contributed by atoms with Gasteiger partial charge in [-0.15, -0.1) is 0 Å². The number of anilines is 1. The van der Waals surface area contributed by atoms with Crippen LogP contribution in [-0.4, -0.2) is 79.3 Å². The van der Waals surface area contributed by atoms with Crippen molar-refractivity contribution in [2.24, 2.45) is 0 Å². The monoisotopic (exact) mass is 175 g/mol. The van der Waals surface area contributed by atoms with Crippen LogP contribution in [0.2, 0.25) is 0 Å². The minimum atomic E-state index is -0.333. The van der Waals surface area contributed by atoms with Crippen molar-refractivity contribution in [3.63, 3.8) is 0 Å². The molecule has 0 atom stereocenters. The first kappa shape index (κ1) is 14.0. The molecule has 0 fully saturated rings. The van der Waals surface area contributed by atoms with E-state index < -0.39 is 0 Å². The molecule has 0 saturated heterocycles. The van der Waals surface area contributed by atoms with Crippen LogP contribution in [0.15, 0.2) is 6.07 Å². The van der Waals surface area contributed by atoms with Crippen molar-refractivity contribution in [1.29, 1.82) is 0 Å². The van der Waals surface area contributed by atoms with Crippen LogP contribution in [0.1, 0.15) is 0 Å². The van der Waals surface area contributed by atoms with E-state index in [0.29, 0.717) is 0 Å². The van der Waals surface area contributed by atoms with Gasteiger partial charge in [-0.05, 0) is 0 Å². The molecule has 0 unspecified atom stereocenters. The zero-order chi connectivity index (χ0) is 6.85. The number of hydrogen-bond donors (Lipinski definition) is 3. The Hall–Kier alpha value is 0.480. The molecule has 0 aliphatic rings. The van der Waals surface area contributed by atoms with Crippen LogP contribution in [0.5, 0.6) is 11.8 Å². The van der Waals surface area contributed by atoms with Crippen molar-refractivity contribution >= 4 is 65.1 Å². The topological polar surface area (TPSA) is 92.3 Å². The molecule has 4 N–H and O–H groups in total. The molecule has 11 heavy (non-hydrogen) atoms. The number of hydrogen-bond acceptors (Lipinski definition) is 5. The summed E-state index contributed by atoms with van der Waals surface area (Å²) in [5, 5.41) is 17.2. The average molecular weight is 175 g/mol. The number of aromatic nitrogens is 2. The van der Waals surface area contributed by atoms with E-state index in [0.717, 1.165) is 6.07 Å². The van der Waals surface area contributed by atoms with E-state index in [2.05, 4.69) is 9.97 Å². The Balaban J connectivity index is 0. The molecule has 1 heterocycles. The zero-order valence-corrected chi connectivity index (χ0v) is 4.44. The second kappa shape index (κ2) is 6.05. The molecular formula is C4H7N3Na2O2. The van der Waals surface area contributed by atoms with E-state index in [4.69, 9.17) is 15.9 Å². The molecule has 5 nitrogen and oxygen atoms in total. The first-order valence-corrected chi connectivity index (χ1v) is 2.21. The maximum absolute atomic E-state index is 8.60. The third-order valence-electron chi connectivity index (χ3n) is 0.716. The van der Waals surface area contributed by atoms with Crippen molar-refractivity contribution in [3.8, 4) is 11.8 Å². The van der Waals surface area contributed by atoms with E-state index in [-0.39, 0.29) is 76.8 Å². The molecule has 0 amide bonds. The van der Waals surface area contributed by atoms with Gasteiger partial charge in [0.15, 0.2) is 0 Å². The van der Waals surface area contributed by atoms with Crippen molar-refractivity contribution in [1.82, 2.24) is 9.97 Å². The maximum atomic E-state index is 8.60. The van der Waals surface area contributed by atoms with Crippen LogP contribution in [0.4, 0.5) is 5.95 Å². The Morgan fingerprint density at radius 3 is 1.73 bits per heavy atom. The van der Waals surface area contributed by atoms with Crippen molar-refractivity contribution in [2.45, 2.75) is 0 Å². The normalized spacial score (nSPS) is 7.64. The quantitative estimate of drug-likeness (QED) is 0.403. The van der Waals surface area contributed by atoms with Gasteiger partial charge in [0.25, 0.3) is 0 Å². The van der Waals surface area contributed by atoms with Crippen LogP contribution < -0.4 is 5.73 Å². The number of aromatic hydroxyl groups is 2. The second-order valence-electron chi connectivity index (χ2n) is 1.44. The summed E-state index contributed by atoms with van der Waals surface area (Å²) in [5.74, 6) is -0.812. The van der Waals surface area contributed by atoms with Crippen molar-refractivity contribution < 1.29 is 10.2 Å². The van der Waals surface area contributed by atoms with Crippen LogP contribution in [0, 0.1) is 0 Å². The molecule has 0 aliphatic heterocycles. The predicted molar refractivity (Wildman–Crippen MR) is 44.1 cm³/mol. The molecule has 0 bridgehead atoms. The molecule has 0 saturated carbocycles. The van der Waals surface area contributed by atoms with Gasteiger partial charge < -0.3 is 15.9 Å².